The van der Waals surface area contributed by atoms with Crippen LogP contribution < -0.4 is 5.32 Å². The van der Waals surface area contributed by atoms with Crippen LogP contribution in [0.3, 0.4) is 0 Å². The van der Waals surface area contributed by atoms with Crippen molar-refractivity contribution in [1.82, 2.24) is 0 Å². The molecule has 2 aromatic carbocycles. The van der Waals surface area contributed by atoms with Gasteiger partial charge in [0.2, 0.25) is 0 Å². The zero-order valence-electron chi connectivity index (χ0n) is 12.0. The highest BCUT2D eigenvalue weighted by atomic mass is 79.9. The Hall–Kier alpha value is -1.28. The van der Waals surface area contributed by atoms with E-state index in [0.717, 1.165) is 5.92 Å². The first kappa shape index (κ1) is 13.7. The molecule has 1 fully saturated rings. The topological polar surface area (TPSA) is 12.0 Å². The molecule has 2 heteroatoms. The van der Waals surface area contributed by atoms with Crippen molar-refractivity contribution in [3.05, 3.63) is 63.6 Å². The number of hydrogen-bond donors (Lipinski definition) is 1. The van der Waals surface area contributed by atoms with Crippen molar-refractivity contribution >= 4 is 21.6 Å². The van der Waals surface area contributed by atoms with Crippen molar-refractivity contribution in [2.45, 2.75) is 38.6 Å². The summed E-state index contributed by atoms with van der Waals surface area (Å²) < 4.78 is 1.18. The molecule has 0 saturated heterocycles. The van der Waals surface area contributed by atoms with Crippen molar-refractivity contribution in [2.24, 2.45) is 0 Å². The highest BCUT2D eigenvalue weighted by Crippen LogP contribution is 2.38. The van der Waals surface area contributed by atoms with Gasteiger partial charge in [-0.3, -0.25) is 0 Å². The Kier molecular flexibility index (Phi) is 3.84. The molecule has 20 heavy (non-hydrogen) atoms. The summed E-state index contributed by atoms with van der Waals surface area (Å²) in [4.78, 5) is 0. The highest BCUT2D eigenvalue weighted by molar-refractivity contribution is 9.10. The van der Waals surface area contributed by atoms with E-state index in [1.165, 1.54) is 39.7 Å². The lowest BCUT2D eigenvalue weighted by Gasteiger charge is -2.37. The maximum Gasteiger partial charge on any atom is 0.0345 e. The predicted octanol–water partition coefficient (Wildman–Crippen LogP) is 5.42. The molecule has 0 radical (unpaired) electrons. The standard InChI is InChI=1S/C18H20BrN/c1-12-3-5-14(6-4-12)15-10-17(11-15)20-16-7-8-18(19)13(2)9-16/h3-9,15,17,20H,10-11H2,1-2H3. The highest BCUT2D eigenvalue weighted by Gasteiger charge is 2.30. The van der Waals surface area contributed by atoms with Gasteiger partial charge in [0.1, 0.15) is 0 Å². The molecule has 0 amide bonds. The van der Waals surface area contributed by atoms with Gasteiger partial charge in [0.05, 0.1) is 0 Å². The molecule has 0 aliphatic heterocycles. The fourth-order valence-corrected chi connectivity index (χ4v) is 3.06. The molecular weight excluding hydrogens is 310 g/mol. The minimum atomic E-state index is 0.613. The summed E-state index contributed by atoms with van der Waals surface area (Å²) in [5, 5.41) is 3.64. The van der Waals surface area contributed by atoms with Gasteiger partial charge in [0.15, 0.2) is 0 Å². The van der Waals surface area contributed by atoms with Gasteiger partial charge in [-0.15, -0.1) is 0 Å². The Morgan fingerprint density at radius 3 is 2.35 bits per heavy atom. The van der Waals surface area contributed by atoms with E-state index >= 15 is 0 Å². The molecule has 0 heterocycles. The Morgan fingerprint density at radius 2 is 1.70 bits per heavy atom. The van der Waals surface area contributed by atoms with Crippen molar-refractivity contribution in [3.8, 4) is 0 Å². The minimum Gasteiger partial charge on any atom is -0.382 e. The van der Waals surface area contributed by atoms with Crippen LogP contribution in [0, 0.1) is 13.8 Å². The molecule has 104 valence electrons. The van der Waals surface area contributed by atoms with E-state index in [2.05, 4.69) is 77.6 Å². The lowest BCUT2D eigenvalue weighted by molar-refractivity contribution is 0.374. The van der Waals surface area contributed by atoms with Crippen LogP contribution in [0.1, 0.15) is 35.4 Å². The van der Waals surface area contributed by atoms with E-state index in [1.54, 1.807) is 0 Å². The number of hydrogen-bond acceptors (Lipinski definition) is 1. The third-order valence-electron chi connectivity index (χ3n) is 4.22. The Labute approximate surface area is 129 Å². The second kappa shape index (κ2) is 5.61. The monoisotopic (exact) mass is 329 g/mol. The van der Waals surface area contributed by atoms with Gasteiger partial charge < -0.3 is 5.32 Å². The van der Waals surface area contributed by atoms with Crippen LogP contribution in [0.25, 0.3) is 0 Å². The first-order valence-electron chi connectivity index (χ1n) is 7.21. The van der Waals surface area contributed by atoms with Gasteiger partial charge in [-0.25, -0.2) is 0 Å². The average molecular weight is 330 g/mol. The SMILES string of the molecule is Cc1ccc(C2CC(Nc3ccc(Br)c(C)c3)C2)cc1. The average Bonchev–Trinajstić information content (AvgIpc) is 2.39. The molecule has 1 aliphatic carbocycles. The second-order valence-electron chi connectivity index (χ2n) is 5.88. The summed E-state index contributed by atoms with van der Waals surface area (Å²) in [6, 6.07) is 16.1. The molecule has 0 unspecified atom stereocenters. The Bertz CT molecular complexity index is 597. The molecule has 3 rings (SSSR count). The fourth-order valence-electron chi connectivity index (χ4n) is 2.82. The molecule has 1 nitrogen and oxygen atoms in total. The van der Waals surface area contributed by atoms with Crippen LogP contribution in [0.5, 0.6) is 0 Å². The largest absolute Gasteiger partial charge is 0.382 e. The summed E-state index contributed by atoms with van der Waals surface area (Å²) in [5.41, 5.74) is 5.34. The first-order valence-corrected chi connectivity index (χ1v) is 8.00. The quantitative estimate of drug-likeness (QED) is 0.792. The zero-order valence-corrected chi connectivity index (χ0v) is 13.6. The van der Waals surface area contributed by atoms with Gasteiger partial charge in [0, 0.05) is 16.2 Å². The number of rotatable bonds is 3. The molecule has 1 N–H and O–H groups in total. The van der Waals surface area contributed by atoms with Crippen LogP contribution >= 0.6 is 15.9 Å². The second-order valence-corrected chi connectivity index (χ2v) is 6.74. The smallest absolute Gasteiger partial charge is 0.0345 e. The Morgan fingerprint density at radius 1 is 1.00 bits per heavy atom. The summed E-state index contributed by atoms with van der Waals surface area (Å²) in [5.74, 6) is 0.727. The van der Waals surface area contributed by atoms with E-state index in [4.69, 9.17) is 0 Å². The molecule has 0 spiro atoms. The van der Waals surface area contributed by atoms with Gasteiger partial charge in [-0.2, -0.15) is 0 Å². The van der Waals surface area contributed by atoms with Crippen LogP contribution in [-0.4, -0.2) is 6.04 Å². The van der Waals surface area contributed by atoms with Crippen LogP contribution in [-0.2, 0) is 0 Å². The van der Waals surface area contributed by atoms with Gasteiger partial charge in [0.25, 0.3) is 0 Å². The lowest BCUT2D eigenvalue weighted by Crippen LogP contribution is -2.33. The third kappa shape index (κ3) is 2.90. The first-order chi connectivity index (χ1) is 9.61. The number of anilines is 1. The molecule has 1 aliphatic rings. The molecule has 2 aromatic rings. The summed E-state index contributed by atoms with van der Waals surface area (Å²) in [6.45, 7) is 4.27. The summed E-state index contributed by atoms with van der Waals surface area (Å²) in [6.07, 6.45) is 2.47. The van der Waals surface area contributed by atoms with E-state index in [-0.39, 0.29) is 0 Å². The molecule has 0 bridgehead atoms. The van der Waals surface area contributed by atoms with E-state index in [1.807, 2.05) is 0 Å². The number of aryl methyl sites for hydroxylation is 2. The van der Waals surface area contributed by atoms with Crippen molar-refractivity contribution in [2.75, 3.05) is 5.32 Å². The van der Waals surface area contributed by atoms with Crippen molar-refractivity contribution in [3.63, 3.8) is 0 Å². The van der Waals surface area contributed by atoms with Crippen LogP contribution in [0.2, 0.25) is 0 Å². The normalized spacial score (nSPS) is 21.4. The van der Waals surface area contributed by atoms with Crippen molar-refractivity contribution in [1.29, 1.82) is 0 Å². The maximum atomic E-state index is 3.64. The van der Waals surface area contributed by atoms with E-state index in [0.29, 0.717) is 6.04 Å². The molecule has 0 atom stereocenters. The predicted molar refractivity (Wildman–Crippen MR) is 89.4 cm³/mol. The summed E-state index contributed by atoms with van der Waals surface area (Å²) >= 11 is 3.54. The number of nitrogens with one attached hydrogen (secondary N) is 1. The van der Waals surface area contributed by atoms with Gasteiger partial charge >= 0.3 is 0 Å². The summed E-state index contributed by atoms with van der Waals surface area (Å²) in [7, 11) is 0. The fraction of sp³-hybridized carbons (Fsp3) is 0.333. The van der Waals surface area contributed by atoms with E-state index in [9.17, 15) is 0 Å². The number of halogens is 1. The third-order valence-corrected chi connectivity index (χ3v) is 5.11. The maximum absolute atomic E-state index is 3.64. The molecular formula is C18H20BrN. The van der Waals surface area contributed by atoms with Crippen molar-refractivity contribution < 1.29 is 0 Å². The lowest BCUT2D eigenvalue weighted by atomic mass is 9.75. The molecule has 1 saturated carbocycles. The Balaban J connectivity index is 1.58. The van der Waals surface area contributed by atoms with Gasteiger partial charge in [-0.1, -0.05) is 45.8 Å². The number of benzene rings is 2. The minimum absolute atomic E-state index is 0.613. The van der Waals surface area contributed by atoms with Crippen LogP contribution in [0.15, 0.2) is 46.9 Å². The van der Waals surface area contributed by atoms with E-state index < -0.39 is 0 Å². The van der Waals surface area contributed by atoms with Crippen LogP contribution in [0.4, 0.5) is 5.69 Å². The van der Waals surface area contributed by atoms with Gasteiger partial charge in [-0.05, 0) is 61.9 Å². The zero-order chi connectivity index (χ0) is 14.1. The molecule has 0 aromatic heterocycles.